The van der Waals surface area contributed by atoms with Crippen molar-refractivity contribution in [2.75, 3.05) is 0 Å². The first-order valence-corrected chi connectivity index (χ1v) is 11.3. The number of aromatic amines is 1. The summed E-state index contributed by atoms with van der Waals surface area (Å²) in [6.45, 7) is 3.76. The Balaban J connectivity index is 1.33. The minimum absolute atomic E-state index is 0.0399. The Morgan fingerprint density at radius 3 is 2.69 bits per heavy atom. The minimum atomic E-state index is -1.12. The number of aryl methyl sites for hydroxylation is 2. The van der Waals surface area contributed by atoms with Gasteiger partial charge in [-0.15, -0.1) is 0 Å². The molecule has 3 heterocycles. The highest BCUT2D eigenvalue weighted by Gasteiger charge is 2.22. The number of carbonyl (C=O) groups is 2. The van der Waals surface area contributed by atoms with E-state index in [1.165, 1.54) is 0 Å². The number of carbonyl (C=O) groups excluding carboxylic acids is 1. The lowest BCUT2D eigenvalue weighted by atomic mass is 10.00. The number of amides is 1. The summed E-state index contributed by atoms with van der Waals surface area (Å²) in [4.78, 5) is 40.3. The molecule has 1 unspecified atom stereocenters. The number of aromatic nitrogens is 1. The molecule has 0 fully saturated rings. The highest BCUT2D eigenvalue weighted by molar-refractivity contribution is 5.96. The van der Waals surface area contributed by atoms with E-state index in [9.17, 15) is 19.5 Å². The topological polar surface area (TPSA) is 126 Å². The highest BCUT2D eigenvalue weighted by atomic mass is 16.4. The van der Waals surface area contributed by atoms with E-state index >= 15 is 0 Å². The zero-order valence-electron chi connectivity index (χ0n) is 19.3. The van der Waals surface area contributed by atoms with Crippen LogP contribution >= 0.6 is 0 Å². The van der Waals surface area contributed by atoms with Gasteiger partial charge in [0.15, 0.2) is 0 Å². The van der Waals surface area contributed by atoms with Crippen molar-refractivity contribution in [2.45, 2.75) is 39.2 Å². The van der Waals surface area contributed by atoms with E-state index < -0.39 is 23.5 Å². The number of benzene rings is 2. The molecule has 0 saturated carbocycles. The number of fused-ring (bicyclic) bond motifs is 3. The lowest BCUT2D eigenvalue weighted by Gasteiger charge is -2.14. The quantitative estimate of drug-likeness (QED) is 0.302. The SMILES string of the molecule is Cc1coc2cc3oc(=O)c(CCC(=O)NC(Cc4c[nH]c5ccccc45)C(=O)O)c(C)c3cc12. The molecule has 2 aromatic carbocycles. The van der Waals surface area contributed by atoms with Crippen LogP contribution < -0.4 is 10.9 Å². The number of aliphatic carboxylic acids is 1. The van der Waals surface area contributed by atoms with Crippen LogP contribution in [0.4, 0.5) is 0 Å². The second-order valence-electron chi connectivity index (χ2n) is 8.78. The molecule has 0 bridgehead atoms. The molecule has 0 saturated heterocycles. The van der Waals surface area contributed by atoms with Gasteiger partial charge < -0.3 is 24.2 Å². The molecule has 3 N–H and O–H groups in total. The molecule has 8 nitrogen and oxygen atoms in total. The molecule has 0 aliphatic heterocycles. The number of H-pyrrole nitrogens is 1. The maximum Gasteiger partial charge on any atom is 0.339 e. The van der Waals surface area contributed by atoms with E-state index in [4.69, 9.17) is 8.83 Å². The van der Waals surface area contributed by atoms with E-state index in [-0.39, 0.29) is 19.3 Å². The van der Waals surface area contributed by atoms with Crippen LogP contribution in [-0.4, -0.2) is 28.0 Å². The van der Waals surface area contributed by atoms with Crippen LogP contribution in [0.3, 0.4) is 0 Å². The Hall–Kier alpha value is -4.33. The van der Waals surface area contributed by atoms with Gasteiger partial charge in [-0.25, -0.2) is 9.59 Å². The summed E-state index contributed by atoms with van der Waals surface area (Å²) in [7, 11) is 0. The predicted octanol–water partition coefficient (Wildman–Crippen LogP) is 4.38. The molecule has 0 spiro atoms. The van der Waals surface area contributed by atoms with E-state index in [0.717, 1.165) is 38.4 Å². The summed E-state index contributed by atoms with van der Waals surface area (Å²) < 4.78 is 11.0. The normalized spacial score (nSPS) is 12.4. The smallest absolute Gasteiger partial charge is 0.339 e. The largest absolute Gasteiger partial charge is 0.480 e. The van der Waals surface area contributed by atoms with Crippen LogP contribution in [0.25, 0.3) is 32.8 Å². The molecule has 0 aliphatic carbocycles. The molecule has 0 aliphatic rings. The van der Waals surface area contributed by atoms with Crippen molar-refractivity contribution in [3.05, 3.63) is 81.5 Å². The number of rotatable bonds is 7. The van der Waals surface area contributed by atoms with Crippen LogP contribution in [0.15, 0.2) is 62.5 Å². The fraction of sp³-hybridized carbons (Fsp3) is 0.222. The van der Waals surface area contributed by atoms with Crippen molar-refractivity contribution in [2.24, 2.45) is 0 Å². The monoisotopic (exact) mass is 472 g/mol. The van der Waals surface area contributed by atoms with Crippen molar-refractivity contribution in [3.63, 3.8) is 0 Å². The van der Waals surface area contributed by atoms with Gasteiger partial charge in [0.1, 0.15) is 17.2 Å². The molecule has 178 valence electrons. The van der Waals surface area contributed by atoms with E-state index in [1.54, 1.807) is 18.5 Å². The average molecular weight is 472 g/mol. The van der Waals surface area contributed by atoms with Crippen molar-refractivity contribution < 1.29 is 23.5 Å². The highest BCUT2D eigenvalue weighted by Crippen LogP contribution is 2.29. The second kappa shape index (κ2) is 8.79. The van der Waals surface area contributed by atoms with Crippen molar-refractivity contribution >= 4 is 44.7 Å². The Kier molecular flexibility index (Phi) is 5.64. The summed E-state index contributed by atoms with van der Waals surface area (Å²) in [6, 6.07) is 10.1. The Bertz CT molecular complexity index is 1660. The van der Waals surface area contributed by atoms with Crippen LogP contribution in [0.1, 0.15) is 28.7 Å². The lowest BCUT2D eigenvalue weighted by Crippen LogP contribution is -2.42. The van der Waals surface area contributed by atoms with Crippen LogP contribution in [0, 0.1) is 13.8 Å². The standard InChI is InChI=1S/C27H24N2O6/c1-14-13-34-23-11-24-20(10-19(14)23)15(2)17(27(33)35-24)7-8-25(30)29-22(26(31)32)9-16-12-28-21-6-4-3-5-18(16)21/h3-6,10-13,22,28H,7-9H2,1-2H3,(H,29,30)(H,31,32). The second-order valence-corrected chi connectivity index (χ2v) is 8.78. The maximum absolute atomic E-state index is 12.7. The molecule has 1 amide bonds. The molecule has 5 rings (SSSR count). The molecule has 35 heavy (non-hydrogen) atoms. The van der Waals surface area contributed by atoms with Gasteiger partial charge in [-0.3, -0.25) is 4.79 Å². The molecular weight excluding hydrogens is 448 g/mol. The number of nitrogens with one attached hydrogen (secondary N) is 2. The van der Waals surface area contributed by atoms with E-state index in [1.807, 2.05) is 44.2 Å². The number of hydrogen-bond acceptors (Lipinski definition) is 5. The lowest BCUT2D eigenvalue weighted by molar-refractivity contribution is -0.141. The zero-order chi connectivity index (χ0) is 24.7. The molecule has 8 heteroatoms. The summed E-state index contributed by atoms with van der Waals surface area (Å²) in [5.41, 5.74) is 4.37. The van der Waals surface area contributed by atoms with Crippen molar-refractivity contribution in [1.29, 1.82) is 0 Å². The first-order valence-electron chi connectivity index (χ1n) is 11.3. The number of carboxylic acids is 1. The fourth-order valence-corrected chi connectivity index (χ4v) is 4.55. The first-order chi connectivity index (χ1) is 16.8. The summed E-state index contributed by atoms with van der Waals surface area (Å²) >= 11 is 0. The summed E-state index contributed by atoms with van der Waals surface area (Å²) in [6.07, 6.45) is 3.65. The van der Waals surface area contributed by atoms with Crippen LogP contribution in [0.5, 0.6) is 0 Å². The number of para-hydroxylation sites is 1. The van der Waals surface area contributed by atoms with Gasteiger partial charge in [-0.1, -0.05) is 18.2 Å². The predicted molar refractivity (Wildman–Crippen MR) is 132 cm³/mol. The molecule has 0 radical (unpaired) electrons. The van der Waals surface area contributed by atoms with Crippen LogP contribution in [0.2, 0.25) is 0 Å². The fourth-order valence-electron chi connectivity index (χ4n) is 4.55. The number of furan rings is 1. The third kappa shape index (κ3) is 4.19. The third-order valence-corrected chi connectivity index (χ3v) is 6.51. The minimum Gasteiger partial charge on any atom is -0.480 e. The summed E-state index contributed by atoms with van der Waals surface area (Å²) in [5.74, 6) is -1.57. The van der Waals surface area contributed by atoms with Crippen molar-refractivity contribution in [3.8, 4) is 0 Å². The van der Waals surface area contributed by atoms with Gasteiger partial charge in [-0.05, 0) is 49.1 Å². The molecule has 3 aromatic heterocycles. The van der Waals surface area contributed by atoms with Gasteiger partial charge in [0.05, 0.1) is 6.26 Å². The van der Waals surface area contributed by atoms with Crippen LogP contribution in [-0.2, 0) is 22.4 Å². The Morgan fingerprint density at radius 1 is 1.09 bits per heavy atom. The Morgan fingerprint density at radius 2 is 1.89 bits per heavy atom. The van der Waals surface area contributed by atoms with E-state index in [0.29, 0.717) is 16.7 Å². The number of hydrogen-bond donors (Lipinski definition) is 3. The maximum atomic E-state index is 12.7. The first kappa shape index (κ1) is 22.5. The zero-order valence-corrected chi connectivity index (χ0v) is 19.3. The summed E-state index contributed by atoms with van der Waals surface area (Å²) in [5, 5.41) is 14.9. The molecular formula is C27H24N2O6. The van der Waals surface area contributed by atoms with Gasteiger partial charge in [0.2, 0.25) is 5.91 Å². The van der Waals surface area contributed by atoms with E-state index in [2.05, 4.69) is 10.3 Å². The number of carboxylic acid groups (broad SMARTS) is 1. The molecule has 5 aromatic rings. The van der Waals surface area contributed by atoms with Gasteiger partial charge >= 0.3 is 11.6 Å². The van der Waals surface area contributed by atoms with Crippen molar-refractivity contribution in [1.82, 2.24) is 10.3 Å². The van der Waals surface area contributed by atoms with Gasteiger partial charge in [0.25, 0.3) is 0 Å². The van der Waals surface area contributed by atoms with Gasteiger partial charge in [0, 0.05) is 52.3 Å². The Labute approximate surface area is 199 Å². The molecule has 1 atom stereocenters. The average Bonchev–Trinajstić information content (AvgIpc) is 3.40. The third-order valence-electron chi connectivity index (χ3n) is 6.51. The van der Waals surface area contributed by atoms with Gasteiger partial charge in [-0.2, -0.15) is 0 Å².